The number of benzene rings is 1. The van der Waals surface area contributed by atoms with Crippen LogP contribution in [0.2, 0.25) is 10.2 Å². The molecule has 2 aliphatic rings. The summed E-state index contributed by atoms with van der Waals surface area (Å²) in [7, 11) is -4.20. The van der Waals surface area contributed by atoms with Crippen molar-refractivity contribution in [1.29, 1.82) is 0 Å². The Morgan fingerprint density at radius 2 is 1.85 bits per heavy atom. The van der Waals surface area contributed by atoms with Gasteiger partial charge in [0.05, 0.1) is 32.9 Å². The van der Waals surface area contributed by atoms with Crippen LogP contribution in [-0.4, -0.2) is 71.9 Å². The second kappa shape index (κ2) is 10.6. The van der Waals surface area contributed by atoms with E-state index in [4.69, 9.17) is 28.3 Å². The third-order valence-electron chi connectivity index (χ3n) is 6.49. The zero-order valence-corrected chi connectivity index (χ0v) is 23.9. The molecule has 11 nitrogen and oxygen atoms in total. The van der Waals surface area contributed by atoms with Crippen LogP contribution in [0.3, 0.4) is 0 Å². The predicted octanol–water partition coefficient (Wildman–Crippen LogP) is 3.53. The molecular formula is C25H25Cl2FN5O6S. The van der Waals surface area contributed by atoms with Gasteiger partial charge in [-0.25, -0.2) is 27.7 Å². The summed E-state index contributed by atoms with van der Waals surface area (Å²) in [4.78, 5) is 44.2. The summed E-state index contributed by atoms with van der Waals surface area (Å²) >= 11 is 12.3. The van der Waals surface area contributed by atoms with Crippen molar-refractivity contribution in [1.82, 2.24) is 14.8 Å². The topological polar surface area (TPSA) is 163 Å². The lowest BCUT2D eigenvalue weighted by atomic mass is 9.95. The van der Waals surface area contributed by atoms with E-state index in [1.54, 1.807) is 20.8 Å². The molecule has 0 aliphatic carbocycles. The van der Waals surface area contributed by atoms with Gasteiger partial charge in [0, 0.05) is 31.5 Å². The van der Waals surface area contributed by atoms with Gasteiger partial charge in [-0.15, -0.1) is 0 Å². The second-order valence-electron chi connectivity index (χ2n) is 10.4. The van der Waals surface area contributed by atoms with Crippen molar-refractivity contribution in [3.8, 4) is 0 Å². The molecule has 15 heteroatoms. The van der Waals surface area contributed by atoms with Gasteiger partial charge >= 0.3 is 6.09 Å². The fraction of sp³-hybridized carbons (Fsp3) is 0.320. The standard InChI is InChI=1S/C25H25Cl2FN5O6S/c1-25(2,3)23(35)31-18-7-16(26)21(27)30-19(18)8-20-15-11-32(24(36)37)9-12(15)10-33(20)22(34)14-5-4-13(6-17(14)28)40(29,38)39/h4-8,20H,9-11H2,1-3H3,(H,31,35)(H,36,37)(H2,29,38,39). The van der Waals surface area contributed by atoms with Crippen molar-refractivity contribution < 1.29 is 32.3 Å². The largest absolute Gasteiger partial charge is 0.465 e. The third kappa shape index (κ3) is 5.92. The number of primary sulfonamides is 1. The number of nitrogens with two attached hydrogens (primary N) is 1. The Morgan fingerprint density at radius 3 is 2.42 bits per heavy atom. The van der Waals surface area contributed by atoms with E-state index in [0.29, 0.717) is 17.2 Å². The Bertz CT molecular complexity index is 1570. The van der Waals surface area contributed by atoms with Gasteiger partial charge < -0.3 is 20.2 Å². The number of sulfonamides is 1. The number of carbonyl (C=O) groups is 3. The summed E-state index contributed by atoms with van der Waals surface area (Å²) in [5, 5.41) is 17.3. The van der Waals surface area contributed by atoms with Crippen molar-refractivity contribution in [3.05, 3.63) is 69.1 Å². The van der Waals surface area contributed by atoms with E-state index in [0.717, 1.165) is 12.1 Å². The van der Waals surface area contributed by atoms with E-state index < -0.39 is 49.8 Å². The SMILES string of the molecule is CC(C)(C)C(=O)Nc1cc(Cl)c(Cl)nc1[CH]C1C2=C(CN(C(=O)O)C2)CN1C(=O)c1ccc(S(N)(=O)=O)cc1F. The van der Waals surface area contributed by atoms with E-state index in [-0.39, 0.29) is 47.1 Å². The van der Waals surface area contributed by atoms with E-state index in [1.165, 1.54) is 22.3 Å². The molecule has 3 amide bonds. The Labute approximate surface area is 239 Å². The first-order valence-corrected chi connectivity index (χ1v) is 14.1. The van der Waals surface area contributed by atoms with Crippen molar-refractivity contribution in [3.63, 3.8) is 0 Å². The quantitative estimate of drug-likeness (QED) is 0.343. The van der Waals surface area contributed by atoms with E-state index in [1.807, 2.05) is 0 Å². The lowest BCUT2D eigenvalue weighted by molar-refractivity contribution is -0.123. The van der Waals surface area contributed by atoms with Crippen LogP contribution in [0.15, 0.2) is 40.3 Å². The molecule has 0 saturated carbocycles. The van der Waals surface area contributed by atoms with Gasteiger partial charge in [0.15, 0.2) is 0 Å². The Kier molecular flexibility index (Phi) is 7.89. The molecule has 1 aromatic heterocycles. The summed E-state index contributed by atoms with van der Waals surface area (Å²) in [6, 6.07) is 3.21. The zero-order chi connectivity index (χ0) is 29.7. The van der Waals surface area contributed by atoms with Crippen molar-refractivity contribution in [2.24, 2.45) is 10.6 Å². The van der Waals surface area contributed by atoms with Crippen molar-refractivity contribution in [2.45, 2.75) is 31.7 Å². The number of halogens is 3. The Morgan fingerprint density at radius 1 is 1.18 bits per heavy atom. The number of carbonyl (C=O) groups excluding carboxylic acids is 2. The first-order valence-electron chi connectivity index (χ1n) is 11.8. The molecule has 4 N–H and O–H groups in total. The summed E-state index contributed by atoms with van der Waals surface area (Å²) in [6.07, 6.45) is 0.365. The molecule has 0 spiro atoms. The minimum atomic E-state index is -4.20. The molecule has 1 unspecified atom stereocenters. The van der Waals surface area contributed by atoms with Crippen molar-refractivity contribution >= 4 is 56.8 Å². The van der Waals surface area contributed by atoms with Crippen molar-refractivity contribution in [2.75, 3.05) is 25.0 Å². The summed E-state index contributed by atoms with van der Waals surface area (Å²) in [5.41, 5.74) is 0.389. The minimum Gasteiger partial charge on any atom is -0.465 e. The predicted molar refractivity (Wildman–Crippen MR) is 145 cm³/mol. The van der Waals surface area contributed by atoms with Crippen LogP contribution < -0.4 is 10.5 Å². The van der Waals surface area contributed by atoms with Gasteiger partial charge in [-0.05, 0) is 35.4 Å². The molecule has 213 valence electrons. The average Bonchev–Trinajstić information content (AvgIpc) is 3.40. The molecule has 4 rings (SSSR count). The fourth-order valence-electron chi connectivity index (χ4n) is 4.34. The summed E-state index contributed by atoms with van der Waals surface area (Å²) < 4.78 is 38.2. The van der Waals surface area contributed by atoms with E-state index in [9.17, 15) is 32.3 Å². The fourth-order valence-corrected chi connectivity index (χ4v) is 5.17. The number of aromatic nitrogens is 1. The maximum absolute atomic E-state index is 14.9. The first kappa shape index (κ1) is 29.7. The smallest absolute Gasteiger partial charge is 0.407 e. The molecule has 0 bridgehead atoms. The number of anilines is 1. The lowest BCUT2D eigenvalue weighted by Crippen LogP contribution is -2.42. The highest BCUT2D eigenvalue weighted by atomic mass is 35.5. The van der Waals surface area contributed by atoms with Crippen LogP contribution in [-0.2, 0) is 14.8 Å². The minimum absolute atomic E-state index is 0.0204. The lowest BCUT2D eigenvalue weighted by Gasteiger charge is -2.30. The normalized spacial score (nSPS) is 17.3. The molecular weight excluding hydrogens is 588 g/mol. The number of carboxylic acid groups (broad SMARTS) is 1. The molecule has 40 heavy (non-hydrogen) atoms. The zero-order valence-electron chi connectivity index (χ0n) is 21.5. The van der Waals surface area contributed by atoms with E-state index in [2.05, 4.69) is 10.3 Å². The van der Waals surface area contributed by atoms with Gasteiger partial charge in [-0.3, -0.25) is 9.59 Å². The Balaban J connectivity index is 1.74. The Hall–Kier alpha value is -3.26. The summed E-state index contributed by atoms with van der Waals surface area (Å²) in [5.74, 6) is -2.23. The van der Waals surface area contributed by atoms with Crippen LogP contribution in [0.25, 0.3) is 0 Å². The first-order chi connectivity index (χ1) is 18.5. The number of pyridine rings is 1. The summed E-state index contributed by atoms with van der Waals surface area (Å²) in [6.45, 7) is 5.11. The molecule has 2 aliphatic heterocycles. The van der Waals surface area contributed by atoms with Crippen LogP contribution in [0.5, 0.6) is 0 Å². The number of amides is 3. The van der Waals surface area contributed by atoms with Crippen LogP contribution in [0.1, 0.15) is 36.8 Å². The maximum Gasteiger partial charge on any atom is 0.407 e. The van der Waals surface area contributed by atoms with Gasteiger partial charge in [-0.1, -0.05) is 44.0 Å². The average molecular weight is 613 g/mol. The second-order valence-corrected chi connectivity index (χ2v) is 12.7. The highest BCUT2D eigenvalue weighted by Crippen LogP contribution is 2.37. The number of hydrogen-bond donors (Lipinski definition) is 3. The number of nitrogens with one attached hydrogen (secondary N) is 1. The highest BCUT2D eigenvalue weighted by Gasteiger charge is 2.43. The number of rotatable bonds is 5. The molecule has 1 atom stereocenters. The van der Waals surface area contributed by atoms with Crippen LogP contribution in [0, 0.1) is 17.7 Å². The van der Waals surface area contributed by atoms with Gasteiger partial charge in [0.1, 0.15) is 11.0 Å². The molecule has 0 saturated heterocycles. The molecule has 3 heterocycles. The van der Waals surface area contributed by atoms with Crippen LogP contribution in [0.4, 0.5) is 14.9 Å². The van der Waals surface area contributed by atoms with Crippen LogP contribution >= 0.6 is 23.2 Å². The van der Waals surface area contributed by atoms with E-state index >= 15 is 0 Å². The number of hydrogen-bond acceptors (Lipinski definition) is 6. The third-order valence-corrected chi connectivity index (χ3v) is 8.07. The molecule has 0 fully saturated rings. The maximum atomic E-state index is 14.9. The van der Waals surface area contributed by atoms with Gasteiger partial charge in [0.25, 0.3) is 5.91 Å². The molecule has 1 radical (unpaired) electrons. The monoisotopic (exact) mass is 612 g/mol. The van der Waals surface area contributed by atoms with Gasteiger partial charge in [-0.2, -0.15) is 0 Å². The van der Waals surface area contributed by atoms with Gasteiger partial charge in [0.2, 0.25) is 15.9 Å². The molecule has 1 aromatic carbocycles. The number of nitrogens with zero attached hydrogens (tertiary/aromatic N) is 3. The highest BCUT2D eigenvalue weighted by molar-refractivity contribution is 7.89. The molecule has 2 aromatic rings.